The molecule has 0 saturated carbocycles. The quantitative estimate of drug-likeness (QED) is 0.710. The van der Waals surface area contributed by atoms with Gasteiger partial charge in [0.1, 0.15) is 24.1 Å². The van der Waals surface area contributed by atoms with Crippen LogP contribution in [0.5, 0.6) is 5.75 Å². The maximum absolute atomic E-state index is 12.3. The van der Waals surface area contributed by atoms with Crippen LogP contribution in [0, 0.1) is 0 Å². The third kappa shape index (κ3) is 7.51. The fourth-order valence-corrected chi connectivity index (χ4v) is 3.23. The first-order chi connectivity index (χ1) is 14.8. The number of carbonyl (C=O) groups excluding carboxylic acids is 2. The number of amides is 2. The summed E-state index contributed by atoms with van der Waals surface area (Å²) in [4.78, 5) is 26.0. The fourth-order valence-electron chi connectivity index (χ4n) is 3.23. The highest BCUT2D eigenvalue weighted by Crippen LogP contribution is 2.23. The van der Waals surface area contributed by atoms with Gasteiger partial charge in [-0.2, -0.15) is 0 Å². The van der Waals surface area contributed by atoms with Crippen molar-refractivity contribution < 1.29 is 23.8 Å². The van der Waals surface area contributed by atoms with Gasteiger partial charge in [-0.15, -0.1) is 0 Å². The lowest BCUT2D eigenvalue weighted by Crippen LogP contribution is -2.42. The van der Waals surface area contributed by atoms with E-state index in [2.05, 4.69) is 5.32 Å². The summed E-state index contributed by atoms with van der Waals surface area (Å²) in [6.07, 6.45) is 0.613. The molecule has 0 aromatic heterocycles. The minimum Gasteiger partial charge on any atom is -0.490 e. The summed E-state index contributed by atoms with van der Waals surface area (Å²) < 4.78 is 16.7. The Morgan fingerprint density at radius 1 is 1.03 bits per heavy atom. The van der Waals surface area contributed by atoms with Crippen LogP contribution in [0.2, 0.25) is 0 Å². The van der Waals surface area contributed by atoms with Crippen LogP contribution in [0.1, 0.15) is 39.2 Å². The number of likely N-dealkylation sites (tertiary alicyclic amines) is 1. The fraction of sp³-hybridized carbons (Fsp3) is 0.417. The summed E-state index contributed by atoms with van der Waals surface area (Å²) in [6.45, 7) is 6.87. The second kappa shape index (κ2) is 10.2. The minimum absolute atomic E-state index is 0.00468. The molecule has 1 aliphatic rings. The molecule has 2 aromatic carbocycles. The van der Waals surface area contributed by atoms with Gasteiger partial charge >= 0.3 is 12.2 Å². The number of anilines is 1. The maximum atomic E-state index is 12.3. The van der Waals surface area contributed by atoms with Crippen molar-refractivity contribution in [3.05, 3.63) is 60.2 Å². The molecule has 1 saturated heterocycles. The molecule has 0 aliphatic carbocycles. The van der Waals surface area contributed by atoms with Gasteiger partial charge in [0.15, 0.2) is 0 Å². The molecule has 0 radical (unpaired) electrons. The third-order valence-electron chi connectivity index (χ3n) is 4.69. The second-order valence-electron chi connectivity index (χ2n) is 8.50. The van der Waals surface area contributed by atoms with Crippen LogP contribution in [0.15, 0.2) is 54.6 Å². The molecule has 166 valence electrons. The number of nitrogens with one attached hydrogen (secondary N) is 1. The summed E-state index contributed by atoms with van der Waals surface area (Å²) in [7, 11) is 0. The third-order valence-corrected chi connectivity index (χ3v) is 4.69. The van der Waals surface area contributed by atoms with Crippen LogP contribution in [0.25, 0.3) is 0 Å². The van der Waals surface area contributed by atoms with Crippen molar-refractivity contribution in [3.63, 3.8) is 0 Å². The van der Waals surface area contributed by atoms with Crippen LogP contribution < -0.4 is 10.1 Å². The van der Waals surface area contributed by atoms with Crippen molar-refractivity contribution in [1.82, 2.24) is 4.90 Å². The Balaban J connectivity index is 1.44. The van der Waals surface area contributed by atoms with Crippen molar-refractivity contribution in [3.8, 4) is 5.75 Å². The van der Waals surface area contributed by atoms with E-state index < -0.39 is 11.7 Å². The first kappa shape index (κ1) is 22.5. The Labute approximate surface area is 183 Å². The molecule has 3 rings (SSSR count). The summed E-state index contributed by atoms with van der Waals surface area (Å²) in [6, 6.07) is 16.8. The Morgan fingerprint density at radius 3 is 2.42 bits per heavy atom. The zero-order valence-corrected chi connectivity index (χ0v) is 18.3. The molecule has 0 bridgehead atoms. The highest BCUT2D eigenvalue weighted by atomic mass is 16.6. The smallest absolute Gasteiger partial charge is 0.412 e. The number of piperidine rings is 1. The molecule has 0 atom stereocenters. The lowest BCUT2D eigenvalue weighted by atomic mass is 10.1. The summed E-state index contributed by atoms with van der Waals surface area (Å²) in [5, 5.41) is 2.72. The molecule has 0 unspecified atom stereocenters. The summed E-state index contributed by atoms with van der Waals surface area (Å²) in [5.41, 5.74) is 1.01. The molecule has 1 heterocycles. The molecule has 7 nitrogen and oxygen atoms in total. The molecule has 2 aromatic rings. The van der Waals surface area contributed by atoms with E-state index in [0.717, 1.165) is 5.56 Å². The summed E-state index contributed by atoms with van der Waals surface area (Å²) in [5.74, 6) is 0.665. The minimum atomic E-state index is -0.561. The van der Waals surface area contributed by atoms with Gasteiger partial charge in [-0.05, 0) is 38.5 Å². The predicted molar refractivity (Wildman–Crippen MR) is 118 cm³/mol. The van der Waals surface area contributed by atoms with Gasteiger partial charge < -0.3 is 19.1 Å². The normalized spacial score (nSPS) is 14.6. The van der Waals surface area contributed by atoms with Gasteiger partial charge in [0.25, 0.3) is 0 Å². The molecule has 1 fully saturated rings. The average Bonchev–Trinajstić information content (AvgIpc) is 2.72. The molecular weight excluding hydrogens is 396 g/mol. The molecule has 2 amide bonds. The van der Waals surface area contributed by atoms with Crippen LogP contribution >= 0.6 is 0 Å². The largest absolute Gasteiger partial charge is 0.490 e. The van der Waals surface area contributed by atoms with Gasteiger partial charge in [0.2, 0.25) is 0 Å². The lowest BCUT2D eigenvalue weighted by molar-refractivity contribution is 0.0632. The highest BCUT2D eigenvalue weighted by molar-refractivity contribution is 5.85. The number of hydrogen-bond donors (Lipinski definition) is 1. The number of carbonyl (C=O) groups is 2. The highest BCUT2D eigenvalue weighted by Gasteiger charge is 2.25. The second-order valence-corrected chi connectivity index (χ2v) is 8.50. The number of ether oxygens (including phenoxy) is 3. The van der Waals surface area contributed by atoms with Gasteiger partial charge in [-0.3, -0.25) is 5.32 Å². The number of nitrogens with zero attached hydrogens (tertiary/aromatic N) is 1. The number of benzene rings is 2. The zero-order chi connectivity index (χ0) is 22.3. The summed E-state index contributed by atoms with van der Waals surface area (Å²) >= 11 is 0. The predicted octanol–water partition coefficient (Wildman–Crippen LogP) is 5.21. The standard InChI is InChI=1S/C24H30N2O5/c1-24(2,3)31-22(27)25-19-10-7-11-21(16-19)30-20-12-14-26(15-13-20)23(28)29-17-18-8-5-4-6-9-18/h4-11,16,20H,12-15,17H2,1-3H3,(H,25,27). The van der Waals surface area contributed by atoms with Crippen LogP contribution in [0.4, 0.5) is 15.3 Å². The number of hydrogen-bond acceptors (Lipinski definition) is 5. The first-order valence-electron chi connectivity index (χ1n) is 10.5. The molecular formula is C24H30N2O5. The molecule has 1 aliphatic heterocycles. The molecule has 7 heteroatoms. The maximum Gasteiger partial charge on any atom is 0.412 e. The van der Waals surface area contributed by atoms with E-state index in [0.29, 0.717) is 37.4 Å². The van der Waals surface area contributed by atoms with Crippen molar-refractivity contribution in [1.29, 1.82) is 0 Å². The molecule has 31 heavy (non-hydrogen) atoms. The van der Waals surface area contributed by atoms with Crippen molar-refractivity contribution >= 4 is 17.9 Å². The van der Waals surface area contributed by atoms with Gasteiger partial charge in [-0.1, -0.05) is 36.4 Å². The lowest BCUT2D eigenvalue weighted by Gasteiger charge is -2.31. The van der Waals surface area contributed by atoms with E-state index >= 15 is 0 Å². The van der Waals surface area contributed by atoms with Gasteiger partial charge in [0.05, 0.1) is 0 Å². The Hall–Kier alpha value is -3.22. The van der Waals surface area contributed by atoms with E-state index in [1.807, 2.05) is 63.2 Å². The van der Waals surface area contributed by atoms with E-state index in [1.54, 1.807) is 17.0 Å². The van der Waals surface area contributed by atoms with Crippen LogP contribution in [-0.4, -0.2) is 41.9 Å². The Morgan fingerprint density at radius 2 is 1.74 bits per heavy atom. The van der Waals surface area contributed by atoms with Gasteiger partial charge in [0, 0.05) is 37.7 Å². The first-order valence-corrected chi connectivity index (χ1v) is 10.5. The zero-order valence-electron chi connectivity index (χ0n) is 18.3. The van der Waals surface area contributed by atoms with E-state index in [4.69, 9.17) is 14.2 Å². The SMILES string of the molecule is CC(C)(C)OC(=O)Nc1cccc(OC2CCN(C(=O)OCc3ccccc3)CC2)c1. The van der Waals surface area contributed by atoms with Crippen molar-refractivity contribution in [2.45, 2.75) is 51.9 Å². The monoisotopic (exact) mass is 426 g/mol. The van der Waals surface area contributed by atoms with Crippen LogP contribution in [-0.2, 0) is 16.1 Å². The Kier molecular flexibility index (Phi) is 7.39. The Bertz CT molecular complexity index is 871. The van der Waals surface area contributed by atoms with E-state index in [9.17, 15) is 9.59 Å². The topological polar surface area (TPSA) is 77.1 Å². The molecule has 1 N–H and O–H groups in total. The molecule has 0 spiro atoms. The van der Waals surface area contributed by atoms with Crippen molar-refractivity contribution in [2.75, 3.05) is 18.4 Å². The van der Waals surface area contributed by atoms with Crippen molar-refractivity contribution in [2.24, 2.45) is 0 Å². The average molecular weight is 427 g/mol. The van der Waals surface area contributed by atoms with E-state index in [-0.39, 0.29) is 18.8 Å². The van der Waals surface area contributed by atoms with Crippen LogP contribution in [0.3, 0.4) is 0 Å². The number of rotatable bonds is 5. The van der Waals surface area contributed by atoms with Gasteiger partial charge in [-0.25, -0.2) is 9.59 Å². The van der Waals surface area contributed by atoms with E-state index in [1.165, 1.54) is 0 Å².